The van der Waals surface area contributed by atoms with E-state index in [1.807, 2.05) is 4.98 Å². The first-order chi connectivity index (χ1) is 9.48. The third-order valence-corrected chi connectivity index (χ3v) is 4.24. The fraction of sp³-hybridized carbons (Fsp3) is 0.615. The molecule has 1 amide bonds. The summed E-state index contributed by atoms with van der Waals surface area (Å²) in [6, 6.07) is 0. The maximum absolute atomic E-state index is 12.2. The van der Waals surface area contributed by atoms with E-state index in [1.54, 1.807) is 0 Å². The smallest absolute Gasteiger partial charge is 0.325 e. The normalized spacial score (nSPS) is 26.2. The van der Waals surface area contributed by atoms with Crippen molar-refractivity contribution in [2.75, 3.05) is 6.54 Å². The first-order valence-electron chi connectivity index (χ1n) is 6.83. The number of hydrogen-bond acceptors (Lipinski definition) is 4. The zero-order valence-electron chi connectivity index (χ0n) is 11.5. The first kappa shape index (κ1) is 14.5. The van der Waals surface area contributed by atoms with E-state index in [2.05, 4.69) is 17.2 Å². The van der Waals surface area contributed by atoms with Gasteiger partial charge in [0.2, 0.25) is 0 Å². The van der Waals surface area contributed by atoms with Crippen LogP contribution in [0.2, 0.25) is 0 Å². The predicted octanol–water partition coefficient (Wildman–Crippen LogP) is -0.299. The van der Waals surface area contributed by atoms with Crippen LogP contribution in [0.3, 0.4) is 0 Å². The third-order valence-electron chi connectivity index (χ3n) is 4.24. The average molecular weight is 280 g/mol. The van der Waals surface area contributed by atoms with Gasteiger partial charge in [0.15, 0.2) is 0 Å². The van der Waals surface area contributed by atoms with Crippen LogP contribution in [-0.2, 0) is 0 Å². The lowest BCUT2D eigenvalue weighted by Crippen LogP contribution is -2.59. The minimum absolute atomic E-state index is 0.102. The predicted molar refractivity (Wildman–Crippen MR) is 74.6 cm³/mol. The molecule has 1 aliphatic carbocycles. The van der Waals surface area contributed by atoms with Gasteiger partial charge < -0.3 is 16.0 Å². The number of amides is 1. The molecule has 2 unspecified atom stereocenters. The molecule has 0 spiro atoms. The molecule has 2 rings (SSSR count). The van der Waals surface area contributed by atoms with E-state index in [0.717, 1.165) is 31.9 Å². The number of aromatic nitrogens is 2. The van der Waals surface area contributed by atoms with Crippen LogP contribution in [0.4, 0.5) is 0 Å². The van der Waals surface area contributed by atoms with Crippen molar-refractivity contribution < 1.29 is 4.79 Å². The van der Waals surface area contributed by atoms with E-state index in [9.17, 15) is 14.4 Å². The molecule has 1 aromatic rings. The Hall–Kier alpha value is -1.89. The molecule has 0 aromatic carbocycles. The van der Waals surface area contributed by atoms with Crippen LogP contribution in [0.15, 0.2) is 15.8 Å². The van der Waals surface area contributed by atoms with Gasteiger partial charge in [-0.25, -0.2) is 4.79 Å². The van der Waals surface area contributed by atoms with Crippen molar-refractivity contribution in [3.63, 3.8) is 0 Å². The minimum Gasteiger partial charge on any atom is -0.345 e. The van der Waals surface area contributed by atoms with Crippen molar-refractivity contribution in [3.8, 4) is 0 Å². The average Bonchev–Trinajstić information content (AvgIpc) is 2.41. The summed E-state index contributed by atoms with van der Waals surface area (Å²) in [5.74, 6) is -0.242. The number of carbonyl (C=O) groups is 1. The summed E-state index contributed by atoms with van der Waals surface area (Å²) in [6.07, 6.45) is 5.06. The number of nitrogens with two attached hydrogens (primary N) is 1. The molecule has 20 heavy (non-hydrogen) atoms. The SMILES string of the molecule is CC1CCCCC1(CN)NC(=O)c1c[nH]c(=O)[nH]c1=O. The Bertz CT molecular complexity index is 606. The molecule has 0 aliphatic heterocycles. The van der Waals surface area contributed by atoms with Gasteiger partial charge in [0.1, 0.15) is 5.56 Å². The minimum atomic E-state index is -0.693. The lowest BCUT2D eigenvalue weighted by molar-refractivity contribution is 0.0810. The van der Waals surface area contributed by atoms with E-state index in [-0.39, 0.29) is 11.5 Å². The highest BCUT2D eigenvalue weighted by Gasteiger charge is 2.38. The molecule has 1 aliphatic rings. The molecule has 2 atom stereocenters. The van der Waals surface area contributed by atoms with Gasteiger partial charge >= 0.3 is 5.69 Å². The van der Waals surface area contributed by atoms with Gasteiger partial charge in [0, 0.05) is 12.7 Å². The second kappa shape index (κ2) is 5.62. The Kier molecular flexibility index (Phi) is 4.08. The third kappa shape index (κ3) is 2.67. The maximum Gasteiger partial charge on any atom is 0.325 e. The Labute approximate surface area is 116 Å². The zero-order valence-corrected chi connectivity index (χ0v) is 11.5. The van der Waals surface area contributed by atoms with Crippen LogP contribution < -0.4 is 22.3 Å². The number of hydrogen-bond donors (Lipinski definition) is 4. The number of H-pyrrole nitrogens is 2. The van der Waals surface area contributed by atoms with E-state index in [1.165, 1.54) is 0 Å². The molecule has 1 fully saturated rings. The van der Waals surface area contributed by atoms with Crippen molar-refractivity contribution in [3.05, 3.63) is 32.6 Å². The highest BCUT2D eigenvalue weighted by molar-refractivity contribution is 5.94. The van der Waals surface area contributed by atoms with E-state index in [4.69, 9.17) is 5.73 Å². The van der Waals surface area contributed by atoms with Crippen LogP contribution in [-0.4, -0.2) is 28.0 Å². The van der Waals surface area contributed by atoms with Crippen molar-refractivity contribution in [2.45, 2.75) is 38.1 Å². The van der Waals surface area contributed by atoms with Crippen LogP contribution in [0, 0.1) is 5.92 Å². The van der Waals surface area contributed by atoms with Gasteiger partial charge in [-0.1, -0.05) is 19.8 Å². The molecular formula is C13H20N4O3. The molecule has 1 aromatic heterocycles. The second-order valence-corrected chi connectivity index (χ2v) is 5.45. The summed E-state index contributed by atoms with van der Waals surface area (Å²) in [4.78, 5) is 39.2. The largest absolute Gasteiger partial charge is 0.345 e. The van der Waals surface area contributed by atoms with Crippen LogP contribution in [0.1, 0.15) is 43.0 Å². The Morgan fingerprint density at radius 3 is 2.85 bits per heavy atom. The van der Waals surface area contributed by atoms with E-state index >= 15 is 0 Å². The number of carbonyl (C=O) groups excluding carboxylic acids is 1. The molecule has 0 radical (unpaired) electrons. The number of aromatic amines is 2. The summed E-state index contributed by atoms with van der Waals surface area (Å²) in [5, 5.41) is 2.90. The lowest BCUT2D eigenvalue weighted by atomic mass is 9.73. The molecule has 1 heterocycles. The van der Waals surface area contributed by atoms with Crippen molar-refractivity contribution in [1.29, 1.82) is 0 Å². The van der Waals surface area contributed by atoms with Crippen molar-refractivity contribution in [1.82, 2.24) is 15.3 Å². The van der Waals surface area contributed by atoms with Crippen LogP contribution in [0.5, 0.6) is 0 Å². The lowest BCUT2D eigenvalue weighted by Gasteiger charge is -2.42. The fourth-order valence-electron chi connectivity index (χ4n) is 2.83. The Morgan fingerprint density at radius 1 is 1.50 bits per heavy atom. The molecular weight excluding hydrogens is 260 g/mol. The summed E-state index contributed by atoms with van der Waals surface area (Å²) < 4.78 is 0. The van der Waals surface area contributed by atoms with Crippen molar-refractivity contribution >= 4 is 5.91 Å². The van der Waals surface area contributed by atoms with E-state index in [0.29, 0.717) is 6.54 Å². The Morgan fingerprint density at radius 2 is 2.25 bits per heavy atom. The molecule has 5 N–H and O–H groups in total. The molecule has 110 valence electrons. The highest BCUT2D eigenvalue weighted by Crippen LogP contribution is 2.32. The van der Waals surface area contributed by atoms with Crippen LogP contribution >= 0.6 is 0 Å². The number of rotatable bonds is 3. The van der Waals surface area contributed by atoms with Gasteiger partial charge in [-0.2, -0.15) is 0 Å². The quantitative estimate of drug-likeness (QED) is 0.607. The first-order valence-corrected chi connectivity index (χ1v) is 6.83. The van der Waals surface area contributed by atoms with Gasteiger partial charge in [0.05, 0.1) is 5.54 Å². The summed E-state index contributed by atoms with van der Waals surface area (Å²) >= 11 is 0. The second-order valence-electron chi connectivity index (χ2n) is 5.45. The number of nitrogens with one attached hydrogen (secondary N) is 3. The molecule has 7 heteroatoms. The van der Waals surface area contributed by atoms with Crippen LogP contribution in [0.25, 0.3) is 0 Å². The van der Waals surface area contributed by atoms with Gasteiger partial charge in [-0.05, 0) is 18.8 Å². The van der Waals surface area contributed by atoms with Gasteiger partial charge in [0.25, 0.3) is 11.5 Å². The molecule has 7 nitrogen and oxygen atoms in total. The highest BCUT2D eigenvalue weighted by atomic mass is 16.2. The standard InChI is InChI=1S/C13H20N4O3/c1-8-4-2-3-5-13(8,7-14)17-11(19)9-6-15-12(20)16-10(9)18/h6,8H,2-5,7,14H2,1H3,(H,17,19)(H2,15,16,18,20). The van der Waals surface area contributed by atoms with Gasteiger partial charge in [-0.3, -0.25) is 14.6 Å². The summed E-state index contributed by atoms with van der Waals surface area (Å²) in [7, 11) is 0. The zero-order chi connectivity index (χ0) is 14.8. The monoisotopic (exact) mass is 280 g/mol. The Balaban J connectivity index is 2.25. The van der Waals surface area contributed by atoms with E-state index < -0.39 is 22.7 Å². The summed E-state index contributed by atoms with van der Waals surface area (Å²) in [6.45, 7) is 2.39. The summed E-state index contributed by atoms with van der Waals surface area (Å²) in [5.41, 5.74) is 3.96. The molecule has 1 saturated carbocycles. The topological polar surface area (TPSA) is 121 Å². The van der Waals surface area contributed by atoms with Crippen molar-refractivity contribution in [2.24, 2.45) is 11.7 Å². The molecule has 0 bridgehead atoms. The molecule has 0 saturated heterocycles. The fourth-order valence-corrected chi connectivity index (χ4v) is 2.83. The van der Waals surface area contributed by atoms with Gasteiger partial charge in [-0.15, -0.1) is 0 Å². The maximum atomic E-state index is 12.2.